The van der Waals surface area contributed by atoms with Crippen LogP contribution >= 0.6 is 15.9 Å². The van der Waals surface area contributed by atoms with Crippen molar-refractivity contribution < 1.29 is 0 Å². The second kappa shape index (κ2) is 3.43. The summed E-state index contributed by atoms with van der Waals surface area (Å²) in [5.41, 5.74) is 3.56. The highest BCUT2D eigenvalue weighted by Gasteiger charge is 2.11. The number of nitrogens with zero attached hydrogens (tertiary/aromatic N) is 2. The van der Waals surface area contributed by atoms with Crippen molar-refractivity contribution in [3.63, 3.8) is 0 Å². The number of aromatic nitrogens is 3. The first kappa shape index (κ1) is 10.5. The van der Waals surface area contributed by atoms with Gasteiger partial charge in [0, 0.05) is 11.8 Å². The molecule has 5 heteroatoms. The van der Waals surface area contributed by atoms with Gasteiger partial charge in [-0.2, -0.15) is 0 Å². The van der Waals surface area contributed by atoms with Crippen LogP contribution in [0.15, 0.2) is 27.9 Å². The predicted octanol–water partition coefficient (Wildman–Crippen LogP) is 2.56. The predicted molar refractivity (Wildman–Crippen MR) is 70.5 cm³/mol. The molecule has 0 bridgehead atoms. The summed E-state index contributed by atoms with van der Waals surface area (Å²) in [7, 11) is 0. The molecule has 17 heavy (non-hydrogen) atoms. The molecule has 3 aromatic rings. The lowest BCUT2D eigenvalue weighted by Crippen LogP contribution is -2.05. The van der Waals surface area contributed by atoms with Crippen molar-refractivity contribution in [3.8, 4) is 0 Å². The van der Waals surface area contributed by atoms with Gasteiger partial charge in [-0.15, -0.1) is 0 Å². The molecule has 4 nitrogen and oxygen atoms in total. The molecule has 0 atom stereocenters. The van der Waals surface area contributed by atoms with Crippen LogP contribution in [0.5, 0.6) is 0 Å². The lowest BCUT2D eigenvalue weighted by molar-refractivity contribution is 1.11. The Kier molecular flexibility index (Phi) is 2.13. The van der Waals surface area contributed by atoms with E-state index < -0.39 is 0 Å². The zero-order valence-electron chi connectivity index (χ0n) is 9.41. The Balaban J connectivity index is 2.72. The number of hydrogen-bond donors (Lipinski definition) is 1. The van der Waals surface area contributed by atoms with Crippen molar-refractivity contribution in [2.45, 2.75) is 13.8 Å². The molecule has 0 fully saturated rings. The zero-order valence-corrected chi connectivity index (χ0v) is 11.0. The minimum Gasteiger partial charge on any atom is -0.357 e. The first-order valence-corrected chi connectivity index (χ1v) is 6.03. The number of halogens is 1. The Morgan fingerprint density at radius 3 is 2.88 bits per heavy atom. The van der Waals surface area contributed by atoms with E-state index in [9.17, 15) is 4.79 Å². The number of rotatable bonds is 0. The summed E-state index contributed by atoms with van der Waals surface area (Å²) in [6, 6.07) is 3.43. The second-order valence-corrected chi connectivity index (χ2v) is 4.93. The van der Waals surface area contributed by atoms with Crippen LogP contribution in [0.25, 0.3) is 16.4 Å². The molecule has 0 spiro atoms. The number of imidazole rings is 1. The van der Waals surface area contributed by atoms with Gasteiger partial charge in [-0.1, -0.05) is 0 Å². The molecule has 0 aliphatic carbocycles. The van der Waals surface area contributed by atoms with Crippen molar-refractivity contribution in [1.82, 2.24) is 14.4 Å². The molecule has 0 aliphatic heterocycles. The van der Waals surface area contributed by atoms with E-state index >= 15 is 0 Å². The van der Waals surface area contributed by atoms with Crippen LogP contribution in [0, 0.1) is 13.8 Å². The van der Waals surface area contributed by atoms with E-state index in [0.717, 1.165) is 27.0 Å². The van der Waals surface area contributed by atoms with Crippen LogP contribution < -0.4 is 5.43 Å². The Hall–Kier alpha value is -1.62. The first-order chi connectivity index (χ1) is 8.08. The molecule has 1 N–H and O–H groups in total. The molecule has 0 unspecified atom stereocenters. The number of aryl methyl sites for hydroxylation is 2. The van der Waals surface area contributed by atoms with Crippen molar-refractivity contribution in [2.24, 2.45) is 0 Å². The number of pyridine rings is 2. The third kappa shape index (κ3) is 1.42. The summed E-state index contributed by atoms with van der Waals surface area (Å²) >= 11 is 3.45. The maximum Gasteiger partial charge on any atom is 0.189 e. The SMILES string of the molecule is Cc1cc(=O)c2cc(Br)n3cnc(C)c3c2[nH]1. The first-order valence-electron chi connectivity index (χ1n) is 5.24. The minimum absolute atomic E-state index is 0.0278. The fourth-order valence-corrected chi connectivity index (χ4v) is 2.62. The van der Waals surface area contributed by atoms with E-state index in [-0.39, 0.29) is 5.43 Å². The number of aromatic amines is 1. The van der Waals surface area contributed by atoms with Crippen molar-refractivity contribution >= 4 is 32.3 Å². The molecule has 0 radical (unpaired) electrons. The molecule has 3 rings (SSSR count). The molecular formula is C12H10BrN3O. The third-order valence-corrected chi connectivity index (χ3v) is 3.50. The molecule has 0 aliphatic rings. The standard InChI is InChI=1S/C12H10BrN3O/c1-6-3-9(17)8-4-10(13)16-5-14-7(2)12(16)11(8)15-6/h3-5H,1-2H3,(H,15,17). The summed E-state index contributed by atoms with van der Waals surface area (Å²) in [5.74, 6) is 0. The maximum atomic E-state index is 12.0. The van der Waals surface area contributed by atoms with Gasteiger partial charge < -0.3 is 4.98 Å². The fourth-order valence-electron chi connectivity index (χ4n) is 2.12. The fraction of sp³-hybridized carbons (Fsp3) is 0.167. The van der Waals surface area contributed by atoms with Gasteiger partial charge in [-0.25, -0.2) is 4.98 Å². The Labute approximate surface area is 105 Å². The molecule has 0 aromatic carbocycles. The van der Waals surface area contributed by atoms with Gasteiger partial charge >= 0.3 is 0 Å². The quantitative estimate of drug-likeness (QED) is 0.647. The van der Waals surface area contributed by atoms with Crippen LogP contribution in [0.3, 0.4) is 0 Å². The smallest absolute Gasteiger partial charge is 0.189 e. The van der Waals surface area contributed by atoms with Crippen LogP contribution in [0.4, 0.5) is 0 Å². The van der Waals surface area contributed by atoms with Gasteiger partial charge in [0.05, 0.1) is 26.7 Å². The maximum absolute atomic E-state index is 12.0. The molecule has 86 valence electrons. The summed E-state index contributed by atoms with van der Waals surface area (Å²) in [5, 5.41) is 0.679. The van der Waals surface area contributed by atoms with Gasteiger partial charge in [0.2, 0.25) is 0 Å². The highest BCUT2D eigenvalue weighted by atomic mass is 79.9. The lowest BCUT2D eigenvalue weighted by Gasteiger charge is -2.05. The number of H-pyrrole nitrogens is 1. The molecule has 0 saturated carbocycles. The molecule has 3 heterocycles. The summed E-state index contributed by atoms with van der Waals surface area (Å²) in [6.45, 7) is 3.81. The van der Waals surface area contributed by atoms with Gasteiger partial charge in [0.25, 0.3) is 0 Å². The topological polar surface area (TPSA) is 50.2 Å². The van der Waals surface area contributed by atoms with Crippen LogP contribution in [-0.2, 0) is 0 Å². The van der Waals surface area contributed by atoms with E-state index in [1.165, 1.54) is 0 Å². The highest BCUT2D eigenvalue weighted by molar-refractivity contribution is 9.10. The van der Waals surface area contributed by atoms with E-state index in [0.29, 0.717) is 5.39 Å². The summed E-state index contributed by atoms with van der Waals surface area (Å²) in [4.78, 5) is 19.5. The largest absolute Gasteiger partial charge is 0.357 e. The highest BCUT2D eigenvalue weighted by Crippen LogP contribution is 2.24. The molecule has 0 saturated heterocycles. The van der Waals surface area contributed by atoms with Gasteiger partial charge in [0.15, 0.2) is 5.43 Å². The summed E-state index contributed by atoms with van der Waals surface area (Å²) < 4.78 is 2.75. The Bertz CT molecular complexity index is 801. The van der Waals surface area contributed by atoms with Crippen LogP contribution in [0.2, 0.25) is 0 Å². The Morgan fingerprint density at radius 2 is 2.12 bits per heavy atom. The third-order valence-electron chi connectivity index (χ3n) is 2.89. The summed E-state index contributed by atoms with van der Waals surface area (Å²) in [6.07, 6.45) is 1.74. The molecule has 3 aromatic heterocycles. The van der Waals surface area contributed by atoms with E-state index in [1.807, 2.05) is 24.3 Å². The minimum atomic E-state index is 0.0278. The number of fused-ring (bicyclic) bond motifs is 3. The average Bonchev–Trinajstić information content (AvgIpc) is 2.64. The van der Waals surface area contributed by atoms with Crippen molar-refractivity contribution in [1.29, 1.82) is 0 Å². The number of hydrogen-bond acceptors (Lipinski definition) is 2. The van der Waals surface area contributed by atoms with E-state index in [1.54, 1.807) is 12.4 Å². The van der Waals surface area contributed by atoms with Crippen LogP contribution in [-0.4, -0.2) is 14.4 Å². The van der Waals surface area contributed by atoms with Gasteiger partial charge in [-0.3, -0.25) is 9.20 Å². The zero-order chi connectivity index (χ0) is 12.2. The number of nitrogens with one attached hydrogen (secondary N) is 1. The van der Waals surface area contributed by atoms with Gasteiger partial charge in [-0.05, 0) is 35.8 Å². The van der Waals surface area contributed by atoms with Crippen molar-refractivity contribution in [2.75, 3.05) is 0 Å². The normalized spacial score (nSPS) is 11.5. The van der Waals surface area contributed by atoms with E-state index in [2.05, 4.69) is 25.9 Å². The average molecular weight is 292 g/mol. The molecular weight excluding hydrogens is 282 g/mol. The van der Waals surface area contributed by atoms with Crippen LogP contribution in [0.1, 0.15) is 11.4 Å². The lowest BCUT2D eigenvalue weighted by atomic mass is 10.2. The monoisotopic (exact) mass is 291 g/mol. The molecule has 0 amide bonds. The van der Waals surface area contributed by atoms with Gasteiger partial charge in [0.1, 0.15) is 6.33 Å². The Morgan fingerprint density at radius 1 is 1.35 bits per heavy atom. The second-order valence-electron chi connectivity index (χ2n) is 4.12. The van der Waals surface area contributed by atoms with Crippen molar-refractivity contribution in [3.05, 3.63) is 44.7 Å². The van der Waals surface area contributed by atoms with E-state index in [4.69, 9.17) is 0 Å².